The van der Waals surface area contributed by atoms with E-state index in [1.54, 1.807) is 36.4 Å². The van der Waals surface area contributed by atoms with E-state index in [1.807, 2.05) is 0 Å². The van der Waals surface area contributed by atoms with Crippen molar-refractivity contribution in [1.82, 2.24) is 0 Å². The SMILES string of the molecule is O=Cc1cc(Br)cc(/C=C/c2cccc(C(F)(F)F)c2)c1. The second kappa shape index (κ2) is 6.26. The van der Waals surface area contributed by atoms with Crippen LogP contribution >= 0.6 is 15.9 Å². The van der Waals surface area contributed by atoms with Crippen molar-refractivity contribution in [3.8, 4) is 0 Å². The average molecular weight is 355 g/mol. The Bertz CT molecular complexity index is 690. The molecule has 0 aliphatic rings. The lowest BCUT2D eigenvalue weighted by atomic mass is 10.1. The summed E-state index contributed by atoms with van der Waals surface area (Å²) in [5.41, 5.74) is 0.974. The summed E-state index contributed by atoms with van der Waals surface area (Å²) in [7, 11) is 0. The van der Waals surface area contributed by atoms with Crippen LogP contribution in [0.25, 0.3) is 12.2 Å². The van der Waals surface area contributed by atoms with Gasteiger partial charge < -0.3 is 0 Å². The Morgan fingerprint density at radius 1 is 0.905 bits per heavy atom. The molecule has 0 spiro atoms. The molecule has 1 nitrogen and oxygen atoms in total. The van der Waals surface area contributed by atoms with Crippen LogP contribution in [0.5, 0.6) is 0 Å². The zero-order valence-corrected chi connectivity index (χ0v) is 12.3. The van der Waals surface area contributed by atoms with Gasteiger partial charge in [0, 0.05) is 10.0 Å². The van der Waals surface area contributed by atoms with E-state index < -0.39 is 11.7 Å². The Balaban J connectivity index is 2.29. The quantitative estimate of drug-likeness (QED) is 0.529. The van der Waals surface area contributed by atoms with Crippen molar-refractivity contribution in [2.45, 2.75) is 6.18 Å². The molecule has 0 aliphatic carbocycles. The molecule has 0 saturated carbocycles. The summed E-state index contributed by atoms with van der Waals surface area (Å²) >= 11 is 3.28. The van der Waals surface area contributed by atoms with E-state index in [9.17, 15) is 18.0 Å². The smallest absolute Gasteiger partial charge is 0.298 e. The van der Waals surface area contributed by atoms with Crippen molar-refractivity contribution in [3.63, 3.8) is 0 Å². The van der Waals surface area contributed by atoms with Crippen LogP contribution in [-0.4, -0.2) is 6.29 Å². The highest BCUT2D eigenvalue weighted by Gasteiger charge is 2.30. The van der Waals surface area contributed by atoms with Crippen molar-refractivity contribution in [2.24, 2.45) is 0 Å². The molecule has 0 aliphatic heterocycles. The fraction of sp³-hybridized carbons (Fsp3) is 0.0625. The highest BCUT2D eigenvalue weighted by atomic mass is 79.9. The molecule has 0 atom stereocenters. The van der Waals surface area contributed by atoms with Gasteiger partial charge in [0.2, 0.25) is 0 Å². The van der Waals surface area contributed by atoms with Gasteiger partial charge in [-0.2, -0.15) is 13.2 Å². The number of carbonyl (C=O) groups is 1. The maximum absolute atomic E-state index is 12.6. The van der Waals surface area contributed by atoms with Crippen molar-refractivity contribution in [2.75, 3.05) is 0 Å². The van der Waals surface area contributed by atoms with Crippen LogP contribution in [0.3, 0.4) is 0 Å². The molecule has 108 valence electrons. The molecule has 0 N–H and O–H groups in total. The molecule has 0 fully saturated rings. The van der Waals surface area contributed by atoms with Gasteiger partial charge in [0.25, 0.3) is 0 Å². The number of carbonyl (C=O) groups excluding carboxylic acids is 1. The summed E-state index contributed by atoms with van der Waals surface area (Å²) in [6, 6.07) is 10.1. The predicted molar refractivity (Wildman–Crippen MR) is 79.9 cm³/mol. The normalized spacial score (nSPS) is 11.8. The lowest BCUT2D eigenvalue weighted by molar-refractivity contribution is -0.137. The zero-order chi connectivity index (χ0) is 15.5. The molecule has 2 aromatic carbocycles. The Hall–Kier alpha value is -1.88. The molecule has 0 bridgehead atoms. The third kappa shape index (κ3) is 4.29. The molecular formula is C16H10BrF3O. The summed E-state index contributed by atoms with van der Waals surface area (Å²) in [5.74, 6) is 0. The second-order valence-electron chi connectivity index (χ2n) is 4.39. The molecule has 2 rings (SSSR count). The number of halogens is 4. The Labute approximate surface area is 128 Å². The standard InChI is InChI=1S/C16H10BrF3O/c17-15-8-12(6-13(9-15)10-21)5-4-11-2-1-3-14(7-11)16(18,19)20/h1-10H/b5-4+. The van der Waals surface area contributed by atoms with Gasteiger partial charge in [-0.25, -0.2) is 0 Å². The number of alkyl halides is 3. The molecule has 0 aromatic heterocycles. The van der Waals surface area contributed by atoms with Gasteiger partial charge in [-0.05, 0) is 41.5 Å². The molecule has 0 amide bonds. The van der Waals surface area contributed by atoms with Crippen LogP contribution in [0.2, 0.25) is 0 Å². The second-order valence-corrected chi connectivity index (χ2v) is 5.31. The molecular weight excluding hydrogens is 345 g/mol. The van der Waals surface area contributed by atoms with Gasteiger partial charge in [0.15, 0.2) is 0 Å². The molecule has 0 unspecified atom stereocenters. The Morgan fingerprint density at radius 3 is 2.24 bits per heavy atom. The average Bonchev–Trinajstić information content (AvgIpc) is 2.44. The van der Waals surface area contributed by atoms with E-state index in [1.165, 1.54) is 6.07 Å². The molecule has 0 saturated heterocycles. The van der Waals surface area contributed by atoms with E-state index in [4.69, 9.17) is 0 Å². The maximum atomic E-state index is 12.6. The van der Waals surface area contributed by atoms with Gasteiger partial charge in [-0.15, -0.1) is 0 Å². The molecule has 5 heteroatoms. The van der Waals surface area contributed by atoms with Gasteiger partial charge in [-0.3, -0.25) is 4.79 Å². The summed E-state index contributed by atoms with van der Waals surface area (Å²) in [6.07, 6.45) is -0.407. The van der Waals surface area contributed by atoms with Crippen LogP contribution in [0.1, 0.15) is 27.0 Å². The maximum Gasteiger partial charge on any atom is 0.416 e. The number of rotatable bonds is 3. The highest BCUT2D eigenvalue weighted by Crippen LogP contribution is 2.30. The van der Waals surface area contributed by atoms with Crippen LogP contribution < -0.4 is 0 Å². The number of aldehydes is 1. The first-order chi connectivity index (χ1) is 9.88. The zero-order valence-electron chi connectivity index (χ0n) is 10.7. The molecule has 0 heterocycles. The van der Waals surface area contributed by atoms with Crippen molar-refractivity contribution in [1.29, 1.82) is 0 Å². The minimum Gasteiger partial charge on any atom is -0.298 e. The number of hydrogen-bond donors (Lipinski definition) is 0. The van der Waals surface area contributed by atoms with Crippen molar-refractivity contribution >= 4 is 34.4 Å². The number of hydrogen-bond acceptors (Lipinski definition) is 1. The fourth-order valence-electron chi connectivity index (χ4n) is 1.81. The lowest BCUT2D eigenvalue weighted by Gasteiger charge is -2.06. The molecule has 0 radical (unpaired) electrons. The van der Waals surface area contributed by atoms with Gasteiger partial charge in [0.05, 0.1) is 5.56 Å². The first-order valence-electron chi connectivity index (χ1n) is 5.99. The summed E-state index contributed by atoms with van der Waals surface area (Å²) in [5, 5.41) is 0. The van der Waals surface area contributed by atoms with Gasteiger partial charge in [-0.1, -0.05) is 40.2 Å². The molecule has 2 aromatic rings. The van der Waals surface area contributed by atoms with Gasteiger partial charge >= 0.3 is 6.18 Å². The lowest BCUT2D eigenvalue weighted by Crippen LogP contribution is -2.04. The van der Waals surface area contributed by atoms with Crippen LogP contribution in [0.15, 0.2) is 46.9 Å². The van der Waals surface area contributed by atoms with Crippen LogP contribution in [-0.2, 0) is 6.18 Å². The number of benzene rings is 2. The molecule has 21 heavy (non-hydrogen) atoms. The predicted octanol–water partition coefficient (Wildman–Crippen LogP) is 5.45. The van der Waals surface area contributed by atoms with E-state index in [0.29, 0.717) is 17.4 Å². The minimum atomic E-state index is -4.36. The first-order valence-corrected chi connectivity index (χ1v) is 6.79. The summed E-state index contributed by atoms with van der Waals surface area (Å²) < 4.78 is 38.6. The first kappa shape index (κ1) is 15.5. The van der Waals surface area contributed by atoms with Crippen molar-refractivity contribution < 1.29 is 18.0 Å². The largest absolute Gasteiger partial charge is 0.416 e. The summed E-state index contributed by atoms with van der Waals surface area (Å²) in [4.78, 5) is 10.8. The Kier molecular flexibility index (Phi) is 4.63. The van der Waals surface area contributed by atoms with Crippen LogP contribution in [0.4, 0.5) is 13.2 Å². The topological polar surface area (TPSA) is 17.1 Å². The van der Waals surface area contributed by atoms with E-state index in [-0.39, 0.29) is 0 Å². The highest BCUT2D eigenvalue weighted by molar-refractivity contribution is 9.10. The van der Waals surface area contributed by atoms with E-state index in [2.05, 4.69) is 15.9 Å². The third-order valence-corrected chi connectivity index (χ3v) is 3.22. The monoisotopic (exact) mass is 354 g/mol. The van der Waals surface area contributed by atoms with Gasteiger partial charge in [0.1, 0.15) is 6.29 Å². The van der Waals surface area contributed by atoms with Crippen LogP contribution in [0, 0.1) is 0 Å². The summed E-state index contributed by atoms with van der Waals surface area (Å²) in [6.45, 7) is 0. The van der Waals surface area contributed by atoms with E-state index in [0.717, 1.165) is 22.2 Å². The minimum absolute atomic E-state index is 0.442. The van der Waals surface area contributed by atoms with E-state index >= 15 is 0 Å². The third-order valence-electron chi connectivity index (χ3n) is 2.76. The van der Waals surface area contributed by atoms with Crippen molar-refractivity contribution in [3.05, 3.63) is 69.2 Å². The fourth-order valence-corrected chi connectivity index (χ4v) is 2.34. The Morgan fingerprint density at radius 2 is 1.57 bits per heavy atom.